The summed E-state index contributed by atoms with van der Waals surface area (Å²) in [6.45, 7) is 6.39. The third-order valence-electron chi connectivity index (χ3n) is 12.7. The SMILES string of the molecule is CC/C=C\C/C=C\C/C=C\C/C=C\C/C=C\C/C=C\C/C=C\C/C=C\C/C=C\C/C=C\CCCCC(=O)OCC(COC(=O)CCCCCCC/C=C\C/C=C\CCC)OC(=O)CCCCCCC/C=C\CCCCCCC. The van der Waals surface area contributed by atoms with E-state index in [4.69, 9.17) is 14.2 Å². The Bertz CT molecular complexity index is 1760. The Morgan fingerprint density at radius 2 is 0.526 bits per heavy atom. The molecule has 0 aromatic heterocycles. The van der Waals surface area contributed by atoms with E-state index in [0.717, 1.165) is 161 Å². The predicted molar refractivity (Wildman–Crippen MR) is 338 cm³/mol. The van der Waals surface area contributed by atoms with Crippen LogP contribution in [0.3, 0.4) is 0 Å². The van der Waals surface area contributed by atoms with Crippen LogP contribution >= 0.6 is 0 Å². The van der Waals surface area contributed by atoms with Gasteiger partial charge in [0.15, 0.2) is 6.10 Å². The standard InChI is InChI=1S/C72H114O6/c1-4-7-10-13-16-19-22-25-27-28-29-30-31-32-33-34-35-36-37-38-39-40-41-42-43-44-45-48-50-53-56-59-62-65-71(74)77-68-69(67-76-70(73)64-61-58-55-52-49-46-24-21-18-15-12-9-6-3)78-72(75)66-63-60-57-54-51-47-26-23-20-17-14-11-8-5-2/h7,10,12,15-16,19,21,23-27,29-30,32-33,35-36,38-39,41-42,44-45,50,53,69H,4-6,8-9,11,13-14,17-18,20,22,28,31,34,37,40,43,46-49,51-52,54-68H2,1-3H3/b10-7-,15-12-,19-16-,24-21-,26-23-,27-25-,30-29-,33-32-,36-35-,39-38-,42-41-,45-44-,53-50-. The van der Waals surface area contributed by atoms with Crippen molar-refractivity contribution in [3.63, 3.8) is 0 Å². The maximum Gasteiger partial charge on any atom is 0.306 e. The number of esters is 3. The average molecular weight is 1080 g/mol. The van der Waals surface area contributed by atoms with E-state index < -0.39 is 6.10 Å². The van der Waals surface area contributed by atoms with Crippen molar-refractivity contribution in [2.24, 2.45) is 0 Å². The molecule has 0 aliphatic rings. The monoisotopic (exact) mass is 1070 g/mol. The van der Waals surface area contributed by atoms with Crippen molar-refractivity contribution in [2.45, 2.75) is 264 Å². The minimum absolute atomic E-state index is 0.108. The molecule has 0 amide bonds. The van der Waals surface area contributed by atoms with E-state index in [0.29, 0.717) is 25.7 Å². The smallest absolute Gasteiger partial charge is 0.306 e. The Morgan fingerprint density at radius 1 is 0.269 bits per heavy atom. The summed E-state index contributed by atoms with van der Waals surface area (Å²) >= 11 is 0. The van der Waals surface area contributed by atoms with Gasteiger partial charge in [-0.1, -0.05) is 249 Å². The molecule has 1 unspecified atom stereocenters. The van der Waals surface area contributed by atoms with E-state index in [1.54, 1.807) is 0 Å². The number of allylic oxidation sites excluding steroid dienone is 26. The summed E-state index contributed by atoms with van der Waals surface area (Å²) in [5, 5.41) is 0. The van der Waals surface area contributed by atoms with E-state index >= 15 is 0 Å². The molecule has 0 aliphatic heterocycles. The summed E-state index contributed by atoms with van der Waals surface area (Å²) in [6.07, 6.45) is 93.9. The second-order valence-electron chi connectivity index (χ2n) is 20.2. The Balaban J connectivity index is 4.39. The maximum atomic E-state index is 12.9. The third kappa shape index (κ3) is 61.9. The quantitative estimate of drug-likeness (QED) is 0.0261. The summed E-state index contributed by atoms with van der Waals surface area (Å²) < 4.78 is 16.8. The third-order valence-corrected chi connectivity index (χ3v) is 12.7. The van der Waals surface area contributed by atoms with E-state index in [1.165, 1.54) is 51.4 Å². The number of unbranched alkanes of at least 4 members (excludes halogenated alkanes) is 18. The molecule has 0 heterocycles. The van der Waals surface area contributed by atoms with E-state index in [2.05, 4.69) is 179 Å². The number of hydrogen-bond acceptors (Lipinski definition) is 6. The molecule has 0 bridgehead atoms. The molecule has 0 spiro atoms. The van der Waals surface area contributed by atoms with E-state index in [-0.39, 0.29) is 31.1 Å². The minimum atomic E-state index is -0.813. The molecule has 0 aromatic carbocycles. The van der Waals surface area contributed by atoms with Gasteiger partial charge in [-0.25, -0.2) is 0 Å². The summed E-state index contributed by atoms with van der Waals surface area (Å²) in [5.74, 6) is -0.980. The molecule has 0 aliphatic carbocycles. The Labute approximate surface area is 480 Å². The van der Waals surface area contributed by atoms with Crippen LogP contribution in [0.5, 0.6) is 0 Å². The van der Waals surface area contributed by atoms with Crippen molar-refractivity contribution < 1.29 is 28.6 Å². The van der Waals surface area contributed by atoms with E-state index in [1.807, 2.05) is 0 Å². The van der Waals surface area contributed by atoms with Crippen LogP contribution in [0.2, 0.25) is 0 Å². The summed E-state index contributed by atoms with van der Waals surface area (Å²) in [4.78, 5) is 38.2. The van der Waals surface area contributed by atoms with E-state index in [9.17, 15) is 14.4 Å². The summed E-state index contributed by atoms with van der Waals surface area (Å²) in [5.41, 5.74) is 0. The highest BCUT2D eigenvalue weighted by Gasteiger charge is 2.19. The maximum absolute atomic E-state index is 12.9. The topological polar surface area (TPSA) is 78.9 Å². The fourth-order valence-corrected chi connectivity index (χ4v) is 8.03. The zero-order valence-electron chi connectivity index (χ0n) is 50.1. The normalized spacial score (nSPS) is 13.2. The van der Waals surface area contributed by atoms with Gasteiger partial charge in [0.1, 0.15) is 13.2 Å². The molecule has 0 radical (unpaired) electrons. The van der Waals surface area contributed by atoms with Crippen molar-refractivity contribution in [3.05, 3.63) is 158 Å². The van der Waals surface area contributed by atoms with Gasteiger partial charge in [-0.2, -0.15) is 0 Å². The highest BCUT2D eigenvalue weighted by molar-refractivity contribution is 5.71. The minimum Gasteiger partial charge on any atom is -0.462 e. The van der Waals surface area contributed by atoms with Gasteiger partial charge in [-0.15, -0.1) is 0 Å². The highest BCUT2D eigenvalue weighted by atomic mass is 16.6. The second kappa shape index (κ2) is 64.6. The number of carbonyl (C=O) groups excluding carboxylic acids is 3. The van der Waals surface area contributed by atoms with Gasteiger partial charge in [0.2, 0.25) is 0 Å². The van der Waals surface area contributed by atoms with Crippen LogP contribution in [0, 0.1) is 0 Å². The Hall–Kier alpha value is -4.97. The highest BCUT2D eigenvalue weighted by Crippen LogP contribution is 2.13. The molecule has 78 heavy (non-hydrogen) atoms. The van der Waals surface area contributed by atoms with Crippen molar-refractivity contribution in [3.8, 4) is 0 Å². The zero-order chi connectivity index (χ0) is 56.4. The van der Waals surface area contributed by atoms with Crippen LogP contribution in [-0.4, -0.2) is 37.2 Å². The van der Waals surface area contributed by atoms with Crippen LogP contribution in [-0.2, 0) is 28.6 Å². The summed E-state index contributed by atoms with van der Waals surface area (Å²) in [6, 6.07) is 0. The lowest BCUT2D eigenvalue weighted by molar-refractivity contribution is -0.167. The molecule has 0 rings (SSSR count). The first-order chi connectivity index (χ1) is 38.5. The van der Waals surface area contributed by atoms with Crippen molar-refractivity contribution in [1.82, 2.24) is 0 Å². The number of carbonyl (C=O) groups is 3. The van der Waals surface area contributed by atoms with Crippen molar-refractivity contribution in [2.75, 3.05) is 13.2 Å². The van der Waals surface area contributed by atoms with Gasteiger partial charge < -0.3 is 14.2 Å². The average Bonchev–Trinajstić information content (AvgIpc) is 3.44. The lowest BCUT2D eigenvalue weighted by atomic mass is 10.1. The Kier molecular flexibility index (Phi) is 60.4. The number of hydrogen-bond donors (Lipinski definition) is 0. The van der Waals surface area contributed by atoms with Gasteiger partial charge in [0.05, 0.1) is 0 Å². The molecule has 0 aromatic rings. The Morgan fingerprint density at radius 3 is 0.872 bits per heavy atom. The molecular weight excluding hydrogens is 961 g/mol. The van der Waals surface area contributed by atoms with Crippen LogP contribution in [0.4, 0.5) is 0 Å². The van der Waals surface area contributed by atoms with Gasteiger partial charge in [0.25, 0.3) is 0 Å². The largest absolute Gasteiger partial charge is 0.462 e. The molecule has 6 nitrogen and oxygen atoms in total. The van der Waals surface area contributed by atoms with Gasteiger partial charge in [-0.3, -0.25) is 14.4 Å². The van der Waals surface area contributed by atoms with Gasteiger partial charge in [-0.05, 0) is 148 Å². The fraction of sp³-hybridized carbons (Fsp3) is 0.597. The number of ether oxygens (including phenoxy) is 3. The molecule has 1 atom stereocenters. The molecule has 0 saturated heterocycles. The predicted octanol–water partition coefficient (Wildman–Crippen LogP) is 21.7. The van der Waals surface area contributed by atoms with Crippen LogP contribution in [0.15, 0.2) is 158 Å². The first-order valence-corrected chi connectivity index (χ1v) is 31.5. The van der Waals surface area contributed by atoms with Crippen molar-refractivity contribution in [1.29, 1.82) is 0 Å². The molecule has 0 fully saturated rings. The fourth-order valence-electron chi connectivity index (χ4n) is 8.03. The zero-order valence-corrected chi connectivity index (χ0v) is 50.1. The second-order valence-corrected chi connectivity index (χ2v) is 20.2. The van der Waals surface area contributed by atoms with Crippen LogP contribution < -0.4 is 0 Å². The van der Waals surface area contributed by atoms with Gasteiger partial charge in [0, 0.05) is 19.3 Å². The lowest BCUT2D eigenvalue weighted by Gasteiger charge is -2.18. The molecular formula is C72H114O6. The lowest BCUT2D eigenvalue weighted by Crippen LogP contribution is -2.30. The van der Waals surface area contributed by atoms with Crippen LogP contribution in [0.1, 0.15) is 258 Å². The molecule has 6 heteroatoms. The van der Waals surface area contributed by atoms with Gasteiger partial charge >= 0.3 is 17.9 Å². The molecule has 0 N–H and O–H groups in total. The van der Waals surface area contributed by atoms with Crippen molar-refractivity contribution >= 4 is 17.9 Å². The first-order valence-electron chi connectivity index (χ1n) is 31.5. The summed E-state index contributed by atoms with van der Waals surface area (Å²) in [7, 11) is 0. The number of rotatable bonds is 55. The molecule has 0 saturated carbocycles. The molecule has 438 valence electrons. The first kappa shape index (κ1) is 73.0. The van der Waals surface area contributed by atoms with Crippen LogP contribution in [0.25, 0.3) is 0 Å².